The molecule has 4 heterocycles. The predicted molar refractivity (Wildman–Crippen MR) is 378 cm³/mol. The van der Waals surface area contributed by atoms with Crippen LogP contribution in [-0.2, 0) is 114 Å². The number of hydrogen-bond acceptors (Lipinski definition) is 18. The Bertz CT molecular complexity index is 4040. The highest BCUT2D eigenvalue weighted by Crippen LogP contribution is 2.43. The van der Waals surface area contributed by atoms with E-state index in [2.05, 4.69) is 30.2 Å². The van der Waals surface area contributed by atoms with Crippen molar-refractivity contribution in [1.82, 2.24) is 9.44 Å². The summed E-state index contributed by atoms with van der Waals surface area (Å²) >= 11 is 0. The minimum atomic E-state index is -4.61. The third-order valence-electron chi connectivity index (χ3n) is 18.8. The van der Waals surface area contributed by atoms with Gasteiger partial charge in [0, 0.05) is 5.56 Å². The summed E-state index contributed by atoms with van der Waals surface area (Å²) in [4.78, 5) is -0.139. The molecule has 8 aromatic rings. The molecule has 4 saturated heterocycles. The third-order valence-corrected chi connectivity index (χ3v) is 26.2. The first-order valence-corrected chi connectivity index (χ1v) is 40.0. The number of hydrogen-bond donors (Lipinski definition) is 3. The second-order valence-electron chi connectivity index (χ2n) is 27.1. The monoisotopic (exact) mass is 1430 g/mol. The fourth-order valence-electron chi connectivity index (χ4n) is 12.4. The van der Waals surface area contributed by atoms with Crippen LogP contribution in [-0.4, -0.2) is 142 Å². The maximum atomic E-state index is 15.5. The zero-order chi connectivity index (χ0) is 70.4. The quantitative estimate of drug-likeness (QED) is 0.0355. The average Bonchev–Trinajstić information content (AvgIpc) is 0.757. The van der Waals surface area contributed by atoms with E-state index >= 15 is 16.8 Å². The molecule has 101 heavy (non-hydrogen) atoms. The highest BCUT2D eigenvalue weighted by Gasteiger charge is 2.59. The van der Waals surface area contributed by atoms with Crippen LogP contribution in [0.2, 0.25) is 18.1 Å². The maximum Gasteiger partial charge on any atom is 0.241 e. The van der Waals surface area contributed by atoms with Gasteiger partial charge in [0.2, 0.25) is 20.0 Å². The van der Waals surface area contributed by atoms with Crippen molar-refractivity contribution < 1.29 is 83.2 Å². The number of nitrogens with one attached hydrogen (secondary N) is 2. The summed E-state index contributed by atoms with van der Waals surface area (Å²) < 4.78 is 159. The number of ether oxygens (including phenoxy) is 12. The molecule has 7 unspecified atom stereocenters. The lowest BCUT2D eigenvalue weighted by atomic mass is 9.94. The Kier molecular flexibility index (Phi) is 25.1. The molecule has 0 bridgehead atoms. The van der Waals surface area contributed by atoms with Gasteiger partial charge in [0.25, 0.3) is 0 Å². The summed E-state index contributed by atoms with van der Waals surface area (Å²) in [6.07, 6.45) is -18.0. The fourth-order valence-corrected chi connectivity index (χ4v) is 16.1. The summed E-state index contributed by atoms with van der Waals surface area (Å²) in [6.45, 7) is 9.87. The van der Waals surface area contributed by atoms with E-state index in [1.165, 1.54) is 24.3 Å². The van der Waals surface area contributed by atoms with Crippen molar-refractivity contribution in [1.29, 1.82) is 0 Å². The van der Waals surface area contributed by atoms with E-state index < -0.39 is 132 Å². The van der Waals surface area contributed by atoms with Crippen LogP contribution in [0.5, 0.6) is 0 Å². The standard InChI is InChI=1S/C78H90N2O18S2Si/c1-78(2,3)101(4,5)98-76-66(80-100(84,85)61-44-28-13-29-45-61)72(89-49-57-36-20-9-21-37-57)69(63(93-76)52-87-47-55-32-16-7-17-33-55)96-75-65(79-99(82,83)60-42-26-12-27-43-60)71(88-48-56-34-18-8-19-35-56)70(62(92-75)51-86-46-54-30-14-6-15-31-54)97-77-73(90-50-58-38-22-10-23-39-58)67(81)68-64(94-77)53-91-74(95-68)59-40-24-11-25-41-59/h6-45,62-77,79-81H,46-53H2,1-5H3/t62?,63?,64?,65?,66?,67-,68-,69-,70-,71+,72+,73?,74?,75-,76-,77-/m0/s1. The number of rotatable bonds is 30. The highest BCUT2D eigenvalue weighted by molar-refractivity contribution is 7.89. The van der Waals surface area contributed by atoms with Crippen molar-refractivity contribution in [2.24, 2.45) is 0 Å². The van der Waals surface area contributed by atoms with Gasteiger partial charge in [0.15, 0.2) is 33.5 Å². The molecule has 0 aromatic heterocycles. The number of aliphatic hydroxyl groups excluding tert-OH is 1. The number of fused-ring (bicyclic) bond motifs is 1. The van der Waals surface area contributed by atoms with Crippen LogP contribution < -0.4 is 9.44 Å². The summed E-state index contributed by atoms with van der Waals surface area (Å²) in [5, 5.41) is 12.4. The van der Waals surface area contributed by atoms with Crippen LogP contribution in [0.4, 0.5) is 0 Å². The normalized spacial score (nSPS) is 27.3. The molecule has 4 fully saturated rings. The number of aliphatic hydroxyl groups is 1. The molecule has 20 nitrogen and oxygen atoms in total. The number of benzene rings is 8. The molecule has 0 radical (unpaired) electrons. The molecular formula is C78H90N2O18S2Si. The molecule has 4 aliphatic rings. The Morgan fingerprint density at radius 2 is 0.792 bits per heavy atom. The Morgan fingerprint density at radius 1 is 0.436 bits per heavy atom. The Labute approximate surface area is 593 Å². The SMILES string of the molecule is CC(C)(C)[Si](C)(C)O[C@@H]1OC(COCc2ccccc2)[C@H](O[C@@H]2OC(COCc3ccccc3)[C@H](O[C@@H]3OC4COC(c5ccccc5)O[C@@H]4[C@H](O)C3OCc3ccccc3)[C@H](OCc3ccccc3)C2NS(=O)(=O)c2ccccc2)[C@H](OCc2ccccc2)C1NS(=O)(=O)c1ccccc1. The molecule has 0 aliphatic carbocycles. The van der Waals surface area contributed by atoms with Gasteiger partial charge in [-0.2, -0.15) is 0 Å². The van der Waals surface area contributed by atoms with Gasteiger partial charge in [0.1, 0.15) is 73.1 Å². The minimum Gasteiger partial charge on any atom is -0.391 e. The molecule has 0 spiro atoms. The van der Waals surface area contributed by atoms with Gasteiger partial charge in [-0.15, -0.1) is 0 Å². The van der Waals surface area contributed by atoms with Crippen LogP contribution in [0.15, 0.2) is 252 Å². The summed E-state index contributed by atoms with van der Waals surface area (Å²) in [5.74, 6) is 0. The molecule has 0 saturated carbocycles. The van der Waals surface area contributed by atoms with Gasteiger partial charge in [-0.1, -0.05) is 239 Å². The third kappa shape index (κ3) is 19.2. The molecule has 4 aliphatic heterocycles. The zero-order valence-corrected chi connectivity index (χ0v) is 59.8. The second kappa shape index (κ2) is 34.2. The lowest BCUT2D eigenvalue weighted by Gasteiger charge is -2.53. The van der Waals surface area contributed by atoms with Gasteiger partial charge in [0.05, 0.1) is 62.6 Å². The van der Waals surface area contributed by atoms with Crippen LogP contribution in [0, 0.1) is 0 Å². The van der Waals surface area contributed by atoms with Crippen molar-refractivity contribution >= 4 is 28.4 Å². The average molecular weight is 1440 g/mol. The predicted octanol–water partition coefficient (Wildman–Crippen LogP) is 11.3. The Hall–Kier alpha value is -6.76. The number of sulfonamides is 2. The van der Waals surface area contributed by atoms with E-state index in [0.717, 1.165) is 27.8 Å². The first-order chi connectivity index (χ1) is 48.9. The molecule has 8 aromatic carbocycles. The van der Waals surface area contributed by atoms with Crippen molar-refractivity contribution in [2.45, 2.75) is 180 Å². The first-order valence-electron chi connectivity index (χ1n) is 34.2. The van der Waals surface area contributed by atoms with Crippen molar-refractivity contribution in [3.05, 3.63) is 276 Å². The van der Waals surface area contributed by atoms with Crippen LogP contribution in [0.3, 0.4) is 0 Å². The Balaban J connectivity index is 1.00. The lowest BCUT2D eigenvalue weighted by Crippen LogP contribution is -2.71. The van der Waals surface area contributed by atoms with E-state index in [0.29, 0.717) is 5.56 Å². The zero-order valence-electron chi connectivity index (χ0n) is 57.2. The largest absolute Gasteiger partial charge is 0.391 e. The van der Waals surface area contributed by atoms with Gasteiger partial charge in [-0.3, -0.25) is 0 Å². The minimum absolute atomic E-state index is 0.00735. The van der Waals surface area contributed by atoms with Gasteiger partial charge < -0.3 is 66.4 Å². The molecule has 23 heteroatoms. The molecule has 536 valence electrons. The fraction of sp³-hybridized carbons (Fsp3) is 0.385. The smallest absolute Gasteiger partial charge is 0.241 e. The summed E-state index contributed by atoms with van der Waals surface area (Å²) in [5.41, 5.74) is 4.66. The van der Waals surface area contributed by atoms with Crippen molar-refractivity contribution in [2.75, 3.05) is 19.8 Å². The highest BCUT2D eigenvalue weighted by atomic mass is 32.2. The molecule has 16 atom stereocenters. The Morgan fingerprint density at radius 3 is 1.21 bits per heavy atom. The summed E-state index contributed by atoms with van der Waals surface area (Å²) in [6, 6.07) is 69.5. The van der Waals surface area contributed by atoms with Gasteiger partial charge in [-0.25, -0.2) is 26.3 Å². The van der Waals surface area contributed by atoms with Crippen LogP contribution in [0.25, 0.3) is 0 Å². The topological polar surface area (TPSA) is 233 Å². The van der Waals surface area contributed by atoms with E-state index in [1.54, 1.807) is 36.4 Å². The first kappa shape index (κ1) is 74.0. The van der Waals surface area contributed by atoms with Crippen molar-refractivity contribution in [3.63, 3.8) is 0 Å². The lowest BCUT2D eigenvalue weighted by molar-refractivity contribution is -0.391. The molecular weight excluding hydrogens is 1350 g/mol. The maximum absolute atomic E-state index is 15.5. The summed E-state index contributed by atoms with van der Waals surface area (Å²) in [7, 11) is -12.0. The van der Waals surface area contributed by atoms with E-state index in [9.17, 15) is 5.11 Å². The molecule has 12 rings (SSSR count). The van der Waals surface area contributed by atoms with Crippen molar-refractivity contribution in [3.8, 4) is 0 Å². The van der Waals surface area contributed by atoms with Gasteiger partial charge in [-0.05, 0) is 70.2 Å². The molecule has 0 amide bonds. The van der Waals surface area contributed by atoms with Crippen LogP contribution in [0.1, 0.15) is 60.4 Å². The van der Waals surface area contributed by atoms with Crippen LogP contribution >= 0.6 is 0 Å². The van der Waals surface area contributed by atoms with Gasteiger partial charge >= 0.3 is 0 Å². The van der Waals surface area contributed by atoms with E-state index in [4.69, 9.17) is 61.3 Å². The second-order valence-corrected chi connectivity index (χ2v) is 35.3. The van der Waals surface area contributed by atoms with E-state index in [-0.39, 0.29) is 62.6 Å². The molecule has 3 N–H and O–H groups in total. The van der Waals surface area contributed by atoms with E-state index in [1.807, 2.05) is 195 Å².